The number of pyridine rings is 1. The second-order valence-electron chi connectivity index (χ2n) is 3.76. The number of carbonyl (C=O) groups excluding carboxylic acids is 1. The molecule has 1 aromatic heterocycles. The van der Waals surface area contributed by atoms with Crippen molar-refractivity contribution in [2.24, 2.45) is 0 Å². The molecule has 1 N–H and O–H groups in total. The van der Waals surface area contributed by atoms with Crippen LogP contribution in [0.25, 0.3) is 0 Å². The number of aryl methyl sites for hydroxylation is 1. The Kier molecular flexibility index (Phi) is 3.72. The Bertz CT molecular complexity index is 601. The van der Waals surface area contributed by atoms with Gasteiger partial charge in [-0.15, -0.1) is 0 Å². The molecule has 0 radical (unpaired) electrons. The third kappa shape index (κ3) is 2.73. The zero-order valence-corrected chi connectivity index (χ0v) is 11.2. The highest BCUT2D eigenvalue weighted by atomic mass is 79.9. The van der Waals surface area contributed by atoms with Crippen LogP contribution in [-0.2, 0) is 0 Å². The van der Waals surface area contributed by atoms with Gasteiger partial charge in [0.15, 0.2) is 0 Å². The van der Waals surface area contributed by atoms with Gasteiger partial charge in [0.2, 0.25) is 0 Å². The largest absolute Gasteiger partial charge is 0.322 e. The number of nitrogens with one attached hydrogen (secondary N) is 1. The number of hydrogen-bond donors (Lipinski definition) is 1. The van der Waals surface area contributed by atoms with E-state index in [-0.39, 0.29) is 11.7 Å². The standard InChI is InChI=1S/C13H10BrFN2O/c1-8-4-5-9(15)7-11(8)17-13(18)10-3-2-6-16-12(10)14/h2-7H,1H3,(H,17,18). The van der Waals surface area contributed by atoms with Crippen LogP contribution in [0.15, 0.2) is 41.1 Å². The van der Waals surface area contributed by atoms with Crippen molar-refractivity contribution in [1.82, 2.24) is 4.98 Å². The Labute approximate surface area is 112 Å². The molecule has 2 rings (SSSR count). The average molecular weight is 309 g/mol. The molecule has 0 aliphatic rings. The van der Waals surface area contributed by atoms with E-state index in [0.717, 1.165) is 5.56 Å². The number of benzene rings is 1. The Morgan fingerprint density at radius 2 is 2.17 bits per heavy atom. The summed E-state index contributed by atoms with van der Waals surface area (Å²) in [6, 6.07) is 7.56. The van der Waals surface area contributed by atoms with Gasteiger partial charge in [-0.05, 0) is 52.7 Å². The van der Waals surface area contributed by atoms with Crippen LogP contribution >= 0.6 is 15.9 Å². The van der Waals surface area contributed by atoms with Gasteiger partial charge >= 0.3 is 0 Å². The van der Waals surface area contributed by atoms with Gasteiger partial charge in [0, 0.05) is 11.9 Å². The number of hydrogen-bond acceptors (Lipinski definition) is 2. The maximum absolute atomic E-state index is 13.1. The molecule has 0 aliphatic carbocycles. The molecular formula is C13H10BrFN2O. The van der Waals surface area contributed by atoms with Crippen LogP contribution in [0.2, 0.25) is 0 Å². The molecule has 0 saturated heterocycles. The molecule has 3 nitrogen and oxygen atoms in total. The van der Waals surface area contributed by atoms with Crippen LogP contribution in [0.1, 0.15) is 15.9 Å². The minimum absolute atomic E-state index is 0.330. The van der Waals surface area contributed by atoms with Crippen molar-refractivity contribution in [3.8, 4) is 0 Å². The van der Waals surface area contributed by atoms with E-state index in [1.54, 1.807) is 31.3 Å². The molecule has 1 amide bonds. The quantitative estimate of drug-likeness (QED) is 0.862. The Morgan fingerprint density at radius 3 is 2.89 bits per heavy atom. The SMILES string of the molecule is Cc1ccc(F)cc1NC(=O)c1cccnc1Br. The molecule has 0 spiro atoms. The van der Waals surface area contributed by atoms with Gasteiger partial charge in [0.1, 0.15) is 10.4 Å². The lowest BCUT2D eigenvalue weighted by atomic mass is 10.2. The second kappa shape index (κ2) is 5.27. The fraction of sp³-hybridized carbons (Fsp3) is 0.0769. The van der Waals surface area contributed by atoms with Crippen molar-refractivity contribution in [2.45, 2.75) is 6.92 Å². The Hall–Kier alpha value is -1.75. The van der Waals surface area contributed by atoms with Crippen LogP contribution < -0.4 is 5.32 Å². The third-order valence-corrected chi connectivity index (χ3v) is 3.08. The summed E-state index contributed by atoms with van der Waals surface area (Å²) in [5, 5.41) is 2.66. The van der Waals surface area contributed by atoms with E-state index in [2.05, 4.69) is 26.2 Å². The normalized spacial score (nSPS) is 10.2. The van der Waals surface area contributed by atoms with E-state index in [9.17, 15) is 9.18 Å². The highest BCUT2D eigenvalue weighted by Gasteiger charge is 2.11. The van der Waals surface area contributed by atoms with Crippen LogP contribution in [0.3, 0.4) is 0 Å². The predicted molar refractivity (Wildman–Crippen MR) is 71.0 cm³/mol. The van der Waals surface area contributed by atoms with Gasteiger partial charge in [-0.1, -0.05) is 6.07 Å². The molecule has 2 aromatic rings. The zero-order chi connectivity index (χ0) is 13.1. The monoisotopic (exact) mass is 308 g/mol. The molecule has 0 aliphatic heterocycles. The summed E-state index contributed by atoms with van der Waals surface area (Å²) in [6.45, 7) is 1.80. The Balaban J connectivity index is 2.27. The van der Waals surface area contributed by atoms with Crippen molar-refractivity contribution in [2.75, 3.05) is 5.32 Å². The van der Waals surface area contributed by atoms with E-state index in [0.29, 0.717) is 15.9 Å². The molecule has 0 saturated carbocycles. The maximum atomic E-state index is 13.1. The van der Waals surface area contributed by atoms with E-state index in [4.69, 9.17) is 0 Å². The van der Waals surface area contributed by atoms with Crippen molar-refractivity contribution in [3.05, 3.63) is 58.1 Å². The minimum Gasteiger partial charge on any atom is -0.322 e. The molecule has 0 unspecified atom stereocenters. The van der Waals surface area contributed by atoms with Crippen molar-refractivity contribution in [3.63, 3.8) is 0 Å². The van der Waals surface area contributed by atoms with Gasteiger partial charge in [-0.3, -0.25) is 4.79 Å². The van der Waals surface area contributed by atoms with Crippen LogP contribution in [0.5, 0.6) is 0 Å². The van der Waals surface area contributed by atoms with Gasteiger partial charge in [-0.25, -0.2) is 9.37 Å². The molecule has 0 bridgehead atoms. The lowest BCUT2D eigenvalue weighted by Crippen LogP contribution is -2.14. The number of anilines is 1. The highest BCUT2D eigenvalue weighted by molar-refractivity contribution is 9.10. The fourth-order valence-electron chi connectivity index (χ4n) is 1.47. The lowest BCUT2D eigenvalue weighted by molar-refractivity contribution is 0.102. The first-order valence-corrected chi connectivity index (χ1v) is 6.05. The van der Waals surface area contributed by atoms with E-state index in [1.165, 1.54) is 12.1 Å². The molecule has 0 fully saturated rings. The molecular weight excluding hydrogens is 299 g/mol. The van der Waals surface area contributed by atoms with E-state index >= 15 is 0 Å². The third-order valence-electron chi connectivity index (χ3n) is 2.45. The number of amides is 1. The number of rotatable bonds is 2. The molecule has 92 valence electrons. The predicted octanol–water partition coefficient (Wildman–Crippen LogP) is 3.54. The zero-order valence-electron chi connectivity index (χ0n) is 9.58. The molecule has 0 atom stereocenters. The minimum atomic E-state index is -0.388. The van der Waals surface area contributed by atoms with Crippen LogP contribution in [0, 0.1) is 12.7 Å². The van der Waals surface area contributed by atoms with Gasteiger partial charge in [0.05, 0.1) is 5.56 Å². The summed E-state index contributed by atoms with van der Waals surface area (Å²) >= 11 is 3.20. The molecule has 1 heterocycles. The van der Waals surface area contributed by atoms with E-state index in [1.807, 2.05) is 0 Å². The fourth-order valence-corrected chi connectivity index (χ4v) is 1.90. The van der Waals surface area contributed by atoms with Crippen LogP contribution in [0.4, 0.5) is 10.1 Å². The number of nitrogens with zero attached hydrogens (tertiary/aromatic N) is 1. The summed E-state index contributed by atoms with van der Waals surface area (Å²) in [6.07, 6.45) is 1.58. The van der Waals surface area contributed by atoms with Crippen LogP contribution in [-0.4, -0.2) is 10.9 Å². The molecule has 5 heteroatoms. The summed E-state index contributed by atoms with van der Waals surface area (Å²) in [5.41, 5.74) is 1.65. The van der Waals surface area contributed by atoms with E-state index < -0.39 is 0 Å². The van der Waals surface area contributed by atoms with Crippen molar-refractivity contribution in [1.29, 1.82) is 0 Å². The van der Waals surface area contributed by atoms with Gasteiger partial charge < -0.3 is 5.32 Å². The van der Waals surface area contributed by atoms with Gasteiger partial charge in [-0.2, -0.15) is 0 Å². The summed E-state index contributed by atoms with van der Waals surface area (Å²) in [7, 11) is 0. The second-order valence-corrected chi connectivity index (χ2v) is 4.51. The van der Waals surface area contributed by atoms with Crippen molar-refractivity contribution < 1.29 is 9.18 Å². The molecule has 18 heavy (non-hydrogen) atoms. The topological polar surface area (TPSA) is 42.0 Å². The van der Waals surface area contributed by atoms with Gasteiger partial charge in [0.25, 0.3) is 5.91 Å². The van der Waals surface area contributed by atoms with Crippen molar-refractivity contribution >= 4 is 27.5 Å². The summed E-state index contributed by atoms with van der Waals surface area (Å²) < 4.78 is 13.6. The number of aromatic nitrogens is 1. The maximum Gasteiger partial charge on any atom is 0.258 e. The first-order chi connectivity index (χ1) is 8.58. The smallest absolute Gasteiger partial charge is 0.258 e. The first kappa shape index (κ1) is 12.7. The number of carbonyl (C=O) groups is 1. The Morgan fingerprint density at radius 1 is 1.39 bits per heavy atom. The summed E-state index contributed by atoms with van der Waals surface area (Å²) in [4.78, 5) is 16.0. The summed E-state index contributed by atoms with van der Waals surface area (Å²) in [5.74, 6) is -0.718. The number of halogens is 2. The first-order valence-electron chi connectivity index (χ1n) is 5.26. The lowest BCUT2D eigenvalue weighted by Gasteiger charge is -2.09. The average Bonchev–Trinajstić information content (AvgIpc) is 2.34. The molecule has 1 aromatic carbocycles. The highest BCUT2D eigenvalue weighted by Crippen LogP contribution is 2.19.